The number of aliphatic carboxylic acids is 2. The topological polar surface area (TPSA) is 245 Å². The summed E-state index contributed by atoms with van der Waals surface area (Å²) < 4.78 is 31.7. The van der Waals surface area contributed by atoms with Crippen molar-refractivity contribution in [2.24, 2.45) is 17.4 Å². The average Bonchev–Trinajstić information content (AvgIpc) is 3.11. The molecule has 1 fully saturated rings. The first kappa shape index (κ1) is 41.7. The molecule has 53 heavy (non-hydrogen) atoms. The van der Waals surface area contributed by atoms with Crippen LogP contribution in [0.3, 0.4) is 0 Å². The number of rotatable bonds is 15. The zero-order chi connectivity index (χ0) is 39.1. The molecule has 0 radical (unpaired) electrons. The van der Waals surface area contributed by atoms with Crippen molar-refractivity contribution in [3.63, 3.8) is 0 Å². The van der Waals surface area contributed by atoms with E-state index in [4.69, 9.17) is 32.2 Å². The summed E-state index contributed by atoms with van der Waals surface area (Å²) in [5.74, 6) is -5.40. The van der Waals surface area contributed by atoms with Crippen LogP contribution >= 0.6 is 0 Å². The number of benzene rings is 3. The van der Waals surface area contributed by atoms with Crippen molar-refractivity contribution in [1.82, 2.24) is 16.0 Å². The zero-order valence-corrected chi connectivity index (χ0v) is 29.0. The first-order chi connectivity index (χ1) is 25.0. The molecule has 13 nitrogen and oxygen atoms in total. The maximum atomic E-state index is 14.2. The van der Waals surface area contributed by atoms with Gasteiger partial charge in [-0.2, -0.15) is 13.2 Å². The summed E-state index contributed by atoms with van der Waals surface area (Å²) in [4.78, 5) is 48.9. The molecule has 4 rings (SSSR count). The van der Waals surface area contributed by atoms with Crippen molar-refractivity contribution in [3.05, 3.63) is 83.4 Å². The summed E-state index contributed by atoms with van der Waals surface area (Å²) in [5, 5.41) is 42.3. The lowest BCUT2D eigenvalue weighted by molar-refractivity contribution is -0.192. The van der Waals surface area contributed by atoms with E-state index in [1.807, 2.05) is 54.6 Å². The molecule has 0 bridgehead atoms. The number of carbonyl (C=O) groups is 4. The number of carboxylic acid groups (broad SMARTS) is 2. The van der Waals surface area contributed by atoms with Crippen LogP contribution in [0.25, 0.3) is 10.8 Å². The number of hydrogen-bond acceptors (Lipinski definition) is 6. The highest BCUT2D eigenvalue weighted by molar-refractivity contribution is 5.95. The predicted octanol–water partition coefficient (Wildman–Crippen LogP) is 4.37. The van der Waals surface area contributed by atoms with Crippen molar-refractivity contribution < 1.29 is 42.6 Å². The quantitative estimate of drug-likeness (QED) is 0.0609. The molecule has 16 heteroatoms. The Kier molecular flexibility index (Phi) is 15.6. The molecular weight excluding hydrogens is 695 g/mol. The third-order valence-electron chi connectivity index (χ3n) is 8.97. The van der Waals surface area contributed by atoms with E-state index in [9.17, 15) is 32.7 Å². The molecule has 0 heterocycles. The second-order valence-corrected chi connectivity index (χ2v) is 13.0. The number of alkyl halides is 3. The lowest BCUT2D eigenvalue weighted by atomic mass is 9.84. The van der Waals surface area contributed by atoms with Gasteiger partial charge in [0.1, 0.15) is 17.9 Å². The van der Waals surface area contributed by atoms with Gasteiger partial charge in [0.15, 0.2) is 5.96 Å². The molecule has 3 aromatic carbocycles. The summed E-state index contributed by atoms with van der Waals surface area (Å²) in [5.41, 5.74) is 13.2. The monoisotopic (exact) mass is 741 g/mol. The second kappa shape index (κ2) is 19.8. The standard InChI is InChI=1S/C35H45N7O4.C2HF3O2/c36-31(37)25-14-12-23(13-15-25)19-28(27-17-16-24-9-4-5-10-26(24)21-27)32(43)42-30(20-22-7-2-1-3-8-22)33(44)41-29(34(45)46)11-6-18-40-35(38)39;3-2(4,5)1(6)7/h4-5,9-10,12-17,21-22,28-30H,1-3,6-8,11,18-20H2,(H3,36,37)(H,41,44)(H,42,43)(H,45,46)(H4,38,39,40);(H,6,7)/t28-,29?,30-;/m0./s1. The van der Waals surface area contributed by atoms with E-state index in [2.05, 4.69) is 16.0 Å². The third kappa shape index (κ3) is 13.8. The number of guanidine groups is 1. The van der Waals surface area contributed by atoms with Gasteiger partial charge in [0.2, 0.25) is 11.8 Å². The Hall–Kier alpha value is -5.67. The number of nitrogen functional groups attached to an aromatic ring is 1. The molecule has 11 N–H and O–H groups in total. The SMILES string of the molecule is N=C(N)NCCCC(NC(=O)[C@H](CC1CCCCC1)NC(=O)[C@@H](Cc1ccc(C(=N)N)cc1)c1ccc2ccccc2c1)C(=O)O.O=C(O)C(F)(F)F. The highest BCUT2D eigenvalue weighted by Gasteiger charge is 2.38. The molecule has 1 aliphatic carbocycles. The van der Waals surface area contributed by atoms with Gasteiger partial charge >= 0.3 is 18.1 Å². The van der Waals surface area contributed by atoms with E-state index in [1.165, 1.54) is 0 Å². The van der Waals surface area contributed by atoms with Crippen LogP contribution in [0.2, 0.25) is 0 Å². The summed E-state index contributed by atoms with van der Waals surface area (Å²) in [6.45, 7) is 0.304. The summed E-state index contributed by atoms with van der Waals surface area (Å²) >= 11 is 0. The minimum atomic E-state index is -5.08. The fraction of sp³-hybridized carbons (Fsp3) is 0.405. The van der Waals surface area contributed by atoms with Gasteiger partial charge in [-0.25, -0.2) is 9.59 Å². The first-order valence-electron chi connectivity index (χ1n) is 17.2. The molecule has 1 saturated carbocycles. The van der Waals surface area contributed by atoms with E-state index in [0.29, 0.717) is 31.4 Å². The highest BCUT2D eigenvalue weighted by atomic mass is 19.4. The Morgan fingerprint density at radius 1 is 0.830 bits per heavy atom. The van der Waals surface area contributed by atoms with Gasteiger partial charge in [0.25, 0.3) is 0 Å². The van der Waals surface area contributed by atoms with Gasteiger partial charge in [-0.1, -0.05) is 98.8 Å². The van der Waals surface area contributed by atoms with Crippen molar-refractivity contribution in [3.8, 4) is 0 Å². The fourth-order valence-corrected chi connectivity index (χ4v) is 6.16. The molecule has 0 spiro atoms. The van der Waals surface area contributed by atoms with Gasteiger partial charge in [-0.15, -0.1) is 0 Å². The van der Waals surface area contributed by atoms with Crippen LogP contribution in [0.1, 0.15) is 74.0 Å². The normalized spacial score (nSPS) is 14.8. The van der Waals surface area contributed by atoms with Gasteiger partial charge in [0, 0.05) is 12.1 Å². The largest absolute Gasteiger partial charge is 0.490 e. The minimum Gasteiger partial charge on any atom is -0.480 e. The van der Waals surface area contributed by atoms with Gasteiger partial charge in [0.05, 0.1) is 5.92 Å². The molecule has 3 atom stereocenters. The van der Waals surface area contributed by atoms with E-state index >= 15 is 0 Å². The molecule has 0 aliphatic heterocycles. The molecular formula is C37H46F3N7O6. The number of carbonyl (C=O) groups excluding carboxylic acids is 2. The number of nitrogens with two attached hydrogens (primary N) is 2. The van der Waals surface area contributed by atoms with E-state index in [1.54, 1.807) is 12.1 Å². The van der Waals surface area contributed by atoms with E-state index in [0.717, 1.165) is 54.0 Å². The van der Waals surface area contributed by atoms with Gasteiger partial charge < -0.3 is 37.6 Å². The number of hydrogen-bond donors (Lipinski definition) is 9. The number of fused-ring (bicyclic) bond motifs is 1. The van der Waals surface area contributed by atoms with Crippen LogP contribution in [-0.4, -0.2) is 70.6 Å². The van der Waals surface area contributed by atoms with Gasteiger partial charge in [-0.3, -0.25) is 20.4 Å². The van der Waals surface area contributed by atoms with Crippen LogP contribution in [0.4, 0.5) is 13.2 Å². The van der Waals surface area contributed by atoms with E-state index in [-0.39, 0.29) is 30.0 Å². The molecule has 1 aliphatic rings. The third-order valence-corrected chi connectivity index (χ3v) is 8.97. The molecule has 0 saturated heterocycles. The summed E-state index contributed by atoms with van der Waals surface area (Å²) in [6, 6.07) is 19.0. The Balaban J connectivity index is 0.000000980. The second-order valence-electron chi connectivity index (χ2n) is 13.0. The van der Waals surface area contributed by atoms with Crippen LogP contribution in [0.15, 0.2) is 66.7 Å². The highest BCUT2D eigenvalue weighted by Crippen LogP contribution is 2.29. The predicted molar refractivity (Wildman–Crippen MR) is 193 cm³/mol. The van der Waals surface area contributed by atoms with Crippen LogP contribution in [0, 0.1) is 16.7 Å². The fourth-order valence-electron chi connectivity index (χ4n) is 6.16. The lowest BCUT2D eigenvalue weighted by Gasteiger charge is -2.29. The van der Waals surface area contributed by atoms with Crippen molar-refractivity contribution >= 4 is 46.3 Å². The Labute approximate surface area is 304 Å². The molecule has 286 valence electrons. The lowest BCUT2D eigenvalue weighted by Crippen LogP contribution is -2.53. The van der Waals surface area contributed by atoms with Crippen molar-refractivity contribution in [2.75, 3.05) is 6.54 Å². The molecule has 2 amide bonds. The number of halogens is 3. The number of nitrogens with one attached hydrogen (secondary N) is 5. The summed E-state index contributed by atoms with van der Waals surface area (Å²) in [7, 11) is 0. The Morgan fingerprint density at radius 2 is 1.43 bits per heavy atom. The summed E-state index contributed by atoms with van der Waals surface area (Å²) in [6.07, 6.45) is 1.37. The Bertz CT molecular complexity index is 1750. The van der Waals surface area contributed by atoms with Crippen LogP contribution < -0.4 is 27.4 Å². The van der Waals surface area contributed by atoms with Crippen molar-refractivity contribution in [1.29, 1.82) is 10.8 Å². The maximum absolute atomic E-state index is 14.2. The number of amidine groups is 1. The molecule has 3 aromatic rings. The van der Waals surface area contributed by atoms with Crippen LogP contribution in [-0.2, 0) is 25.6 Å². The van der Waals surface area contributed by atoms with Gasteiger partial charge in [-0.05, 0) is 53.5 Å². The molecule has 0 aromatic heterocycles. The smallest absolute Gasteiger partial charge is 0.480 e. The zero-order valence-electron chi connectivity index (χ0n) is 29.0. The van der Waals surface area contributed by atoms with E-state index < -0.39 is 42.0 Å². The minimum absolute atomic E-state index is 0.0401. The first-order valence-corrected chi connectivity index (χ1v) is 17.2. The maximum Gasteiger partial charge on any atom is 0.490 e. The van der Waals surface area contributed by atoms with Crippen molar-refractivity contribution in [2.45, 2.75) is 82.0 Å². The number of carboxylic acids is 2. The average molecular weight is 742 g/mol. The van der Waals surface area contributed by atoms with Crippen LogP contribution in [0.5, 0.6) is 0 Å². The number of amides is 2. The Morgan fingerprint density at radius 3 is 2.00 bits per heavy atom. The molecule has 1 unspecified atom stereocenters.